The Bertz CT molecular complexity index is 1860. The van der Waals surface area contributed by atoms with Gasteiger partial charge in [0, 0.05) is 11.3 Å². The molecular formula is C30H26F2N5O3S-. The van der Waals surface area contributed by atoms with Crippen LogP contribution in [0.25, 0.3) is 21.6 Å². The van der Waals surface area contributed by atoms with Crippen LogP contribution in [0.15, 0.2) is 77.8 Å². The highest BCUT2D eigenvalue weighted by Crippen LogP contribution is 2.35. The third-order valence-corrected chi connectivity index (χ3v) is 7.86. The van der Waals surface area contributed by atoms with Crippen molar-refractivity contribution in [1.29, 1.82) is 0 Å². The summed E-state index contributed by atoms with van der Waals surface area (Å²) < 4.78 is 58.7. The van der Waals surface area contributed by atoms with Crippen molar-refractivity contribution in [2.24, 2.45) is 0 Å². The molecule has 1 N–H and O–H groups in total. The van der Waals surface area contributed by atoms with E-state index in [2.05, 4.69) is 20.1 Å². The number of hydrogen-bond acceptors (Lipinski definition) is 5. The number of aryl methyl sites for hydroxylation is 4. The van der Waals surface area contributed by atoms with Crippen molar-refractivity contribution in [1.82, 2.24) is 14.6 Å². The van der Waals surface area contributed by atoms with E-state index >= 15 is 0 Å². The van der Waals surface area contributed by atoms with Gasteiger partial charge in [-0.3, -0.25) is 4.79 Å². The molecule has 0 aliphatic carbocycles. The summed E-state index contributed by atoms with van der Waals surface area (Å²) in [5.41, 5.74) is 4.63. The number of carbonyl (C=O) groups is 1. The number of rotatable bonds is 7. The minimum Gasteiger partial charge on any atom is -0.572 e. The van der Waals surface area contributed by atoms with E-state index in [-0.39, 0.29) is 21.8 Å². The van der Waals surface area contributed by atoms with Crippen molar-refractivity contribution in [3.63, 3.8) is 0 Å². The van der Waals surface area contributed by atoms with Crippen LogP contribution in [-0.2, 0) is 10.0 Å². The van der Waals surface area contributed by atoms with E-state index in [1.807, 2.05) is 38.1 Å². The summed E-state index contributed by atoms with van der Waals surface area (Å²) >= 11 is 0. The number of nitrogens with zero attached hydrogens (tertiary/aromatic N) is 4. The second-order valence-corrected chi connectivity index (χ2v) is 11.4. The first kappa shape index (κ1) is 27.9. The Hall–Kier alpha value is -4.64. The predicted molar refractivity (Wildman–Crippen MR) is 153 cm³/mol. The van der Waals surface area contributed by atoms with Crippen LogP contribution in [0.2, 0.25) is 0 Å². The van der Waals surface area contributed by atoms with E-state index in [1.54, 1.807) is 26.0 Å². The summed E-state index contributed by atoms with van der Waals surface area (Å²) in [6.45, 7) is 7.44. The molecule has 0 unspecified atom stereocenters. The Labute approximate surface area is 236 Å². The lowest BCUT2D eigenvalue weighted by Gasteiger charge is -2.27. The van der Waals surface area contributed by atoms with Crippen molar-refractivity contribution in [2.45, 2.75) is 39.0 Å². The molecule has 5 rings (SSSR count). The van der Waals surface area contributed by atoms with Crippen LogP contribution in [0.4, 0.5) is 20.2 Å². The number of alkyl halides is 2. The van der Waals surface area contributed by atoms with Crippen LogP contribution in [0.3, 0.4) is 0 Å². The van der Waals surface area contributed by atoms with Gasteiger partial charge in [-0.1, -0.05) is 58.7 Å². The summed E-state index contributed by atoms with van der Waals surface area (Å²) in [5, 5.41) is 6.64. The fourth-order valence-corrected chi connectivity index (χ4v) is 5.69. The van der Waals surface area contributed by atoms with Gasteiger partial charge in [0.1, 0.15) is 21.3 Å². The van der Waals surface area contributed by atoms with Gasteiger partial charge in [0.05, 0.1) is 16.8 Å². The van der Waals surface area contributed by atoms with Gasteiger partial charge in [0.2, 0.25) is 0 Å². The fraction of sp³-hybridized carbons (Fsp3) is 0.167. The Morgan fingerprint density at radius 2 is 1.54 bits per heavy atom. The number of aromatic nitrogens is 3. The maximum atomic E-state index is 13.9. The highest BCUT2D eigenvalue weighted by Gasteiger charge is 2.22. The van der Waals surface area contributed by atoms with E-state index in [4.69, 9.17) is 0 Å². The van der Waals surface area contributed by atoms with Gasteiger partial charge in [-0.25, -0.2) is 26.7 Å². The molecule has 2 heterocycles. The van der Waals surface area contributed by atoms with Gasteiger partial charge in [0.15, 0.2) is 5.65 Å². The first-order valence-electron chi connectivity index (χ1n) is 12.6. The average molecular weight is 575 g/mol. The van der Waals surface area contributed by atoms with Gasteiger partial charge in [-0.05, 0) is 58.0 Å². The molecular weight excluding hydrogens is 548 g/mol. The molecule has 1 amide bonds. The smallest absolute Gasteiger partial charge is 0.280 e. The molecule has 2 aromatic heterocycles. The summed E-state index contributed by atoms with van der Waals surface area (Å²) in [6.07, 6.45) is -1.68. The van der Waals surface area contributed by atoms with Gasteiger partial charge in [-0.2, -0.15) is 5.10 Å². The highest BCUT2D eigenvalue weighted by molar-refractivity contribution is 7.94. The lowest BCUT2D eigenvalue weighted by Crippen LogP contribution is -2.13. The number of sulfonamides is 1. The molecule has 0 aliphatic rings. The quantitative estimate of drug-likeness (QED) is 0.221. The number of benzene rings is 3. The summed E-state index contributed by atoms with van der Waals surface area (Å²) in [5.74, 6) is -0.639. The molecule has 0 spiro atoms. The Kier molecular flexibility index (Phi) is 7.31. The number of nitrogens with one attached hydrogen (secondary N) is 1. The van der Waals surface area contributed by atoms with Gasteiger partial charge in [-0.15, -0.1) is 5.69 Å². The molecule has 0 radical (unpaired) electrons. The van der Waals surface area contributed by atoms with Crippen LogP contribution in [-0.4, -0.2) is 28.9 Å². The molecule has 210 valence electrons. The predicted octanol–water partition coefficient (Wildman–Crippen LogP) is 7.21. The molecule has 0 fully saturated rings. The zero-order valence-electron chi connectivity index (χ0n) is 22.7. The second kappa shape index (κ2) is 10.7. The molecule has 0 saturated heterocycles. The van der Waals surface area contributed by atoms with Crippen molar-refractivity contribution in [3.05, 3.63) is 111 Å². The Morgan fingerprint density at radius 3 is 2.15 bits per heavy atom. The number of fused-ring (bicyclic) bond motifs is 1. The molecule has 8 nitrogen and oxygen atoms in total. The first-order chi connectivity index (χ1) is 19.4. The zero-order chi connectivity index (χ0) is 29.5. The van der Waals surface area contributed by atoms with E-state index in [9.17, 15) is 22.0 Å². The summed E-state index contributed by atoms with van der Waals surface area (Å²) in [4.78, 5) is 17.6. The summed E-state index contributed by atoms with van der Waals surface area (Å²) in [7, 11) is -4.02. The van der Waals surface area contributed by atoms with E-state index < -0.39 is 28.0 Å². The van der Waals surface area contributed by atoms with Crippen LogP contribution >= 0.6 is 0 Å². The summed E-state index contributed by atoms with van der Waals surface area (Å²) in [6, 6.07) is 17.7. The van der Waals surface area contributed by atoms with Crippen LogP contribution in [0.5, 0.6) is 0 Å². The first-order valence-corrected chi connectivity index (χ1v) is 14.1. The molecule has 3 aromatic carbocycles. The number of hydrogen-bond donors (Lipinski definition) is 1. The van der Waals surface area contributed by atoms with Crippen molar-refractivity contribution in [2.75, 3.05) is 5.32 Å². The molecule has 5 aromatic rings. The zero-order valence-corrected chi connectivity index (χ0v) is 23.5. The standard InChI is InChI=1S/C30H26F2N5O3S/c1-17-5-7-21(8-6-17)25-15-26(28(31)32)37-29(35-25)24(16-33-37)30(38)34-22-9-11-23(12-10-22)41(39,40)36-27-19(3)13-18(2)14-20(27)4/h5-16,28H,1-4H3,(H,34,38)/q-1. The SMILES string of the molecule is Cc1ccc(-c2cc(C(F)F)n3ncc(C(=O)Nc4ccc(S(=O)(=O)[N-]c5c(C)cc(C)cc5C)cc4)c3n2)cc1. The van der Waals surface area contributed by atoms with E-state index in [1.165, 1.54) is 36.5 Å². The molecule has 0 atom stereocenters. The van der Waals surface area contributed by atoms with Crippen LogP contribution in [0, 0.1) is 27.7 Å². The molecule has 0 aliphatic heterocycles. The third-order valence-electron chi connectivity index (χ3n) is 6.57. The number of carbonyl (C=O) groups excluding carboxylic acids is 1. The Morgan fingerprint density at radius 1 is 0.902 bits per heavy atom. The van der Waals surface area contributed by atoms with Gasteiger partial charge >= 0.3 is 0 Å². The van der Waals surface area contributed by atoms with Crippen LogP contribution < -0.4 is 5.32 Å². The lowest BCUT2D eigenvalue weighted by molar-refractivity contribution is 0.102. The monoisotopic (exact) mass is 574 g/mol. The molecule has 0 bridgehead atoms. The maximum Gasteiger partial charge on any atom is 0.280 e. The highest BCUT2D eigenvalue weighted by atomic mass is 32.2. The number of amides is 1. The topological polar surface area (TPSA) is 108 Å². The fourth-order valence-electron chi connectivity index (χ4n) is 4.57. The van der Waals surface area contributed by atoms with Crippen molar-refractivity contribution >= 4 is 33.0 Å². The van der Waals surface area contributed by atoms with Crippen molar-refractivity contribution < 1.29 is 22.0 Å². The Balaban J connectivity index is 1.41. The number of anilines is 1. The van der Waals surface area contributed by atoms with Gasteiger partial charge in [0.25, 0.3) is 12.3 Å². The largest absolute Gasteiger partial charge is 0.572 e. The molecule has 0 saturated carbocycles. The third kappa shape index (κ3) is 5.66. The molecule has 11 heteroatoms. The maximum absolute atomic E-state index is 13.9. The van der Waals surface area contributed by atoms with Crippen LogP contribution in [0.1, 0.15) is 44.7 Å². The average Bonchev–Trinajstić information content (AvgIpc) is 3.35. The minimum atomic E-state index is -4.02. The second-order valence-electron chi connectivity index (χ2n) is 9.82. The van der Waals surface area contributed by atoms with Gasteiger partial charge < -0.3 is 10.0 Å². The van der Waals surface area contributed by atoms with Crippen molar-refractivity contribution in [3.8, 4) is 11.3 Å². The van der Waals surface area contributed by atoms with E-state index in [0.717, 1.165) is 26.8 Å². The number of halogens is 2. The molecule has 41 heavy (non-hydrogen) atoms. The minimum absolute atomic E-state index is 0.0159. The lowest BCUT2D eigenvalue weighted by atomic mass is 10.1. The van der Waals surface area contributed by atoms with E-state index in [0.29, 0.717) is 16.9 Å². The normalized spacial score (nSPS) is 11.7.